The van der Waals surface area contributed by atoms with E-state index in [2.05, 4.69) is 14.9 Å². The summed E-state index contributed by atoms with van der Waals surface area (Å²) >= 11 is 0. The van der Waals surface area contributed by atoms with Crippen LogP contribution in [0.1, 0.15) is 12.8 Å². The molecule has 1 N–H and O–H groups in total. The van der Waals surface area contributed by atoms with Crippen LogP contribution in [0.2, 0.25) is 0 Å². The van der Waals surface area contributed by atoms with E-state index in [1.54, 1.807) is 6.20 Å². The van der Waals surface area contributed by atoms with E-state index in [0.717, 1.165) is 56.3 Å². The van der Waals surface area contributed by atoms with Gasteiger partial charge in [0.2, 0.25) is 0 Å². The second kappa shape index (κ2) is 6.32. The van der Waals surface area contributed by atoms with Crippen LogP contribution in [0, 0.1) is 0 Å². The van der Waals surface area contributed by atoms with Gasteiger partial charge in [0.1, 0.15) is 0 Å². The predicted octanol–water partition coefficient (Wildman–Crippen LogP) is 2.55. The molecule has 5 nitrogen and oxygen atoms in total. The Bertz CT molecular complexity index is 540. The number of nitrogens with one attached hydrogen (secondary N) is 1. The maximum atomic E-state index is 5.68. The normalized spacial score (nSPS) is 13.8. The molecule has 20 heavy (non-hydrogen) atoms. The topological polar surface area (TPSA) is 48.3 Å². The molecule has 0 unspecified atom stereocenters. The number of rotatable bonds is 5. The predicted molar refractivity (Wildman–Crippen MR) is 77.4 cm³/mol. The zero-order chi connectivity index (χ0) is 13.6. The van der Waals surface area contributed by atoms with Crippen molar-refractivity contribution in [2.45, 2.75) is 19.4 Å². The summed E-state index contributed by atoms with van der Waals surface area (Å²) in [6, 6.07) is 6.02. The fraction of sp³-hybridized carbons (Fsp3) is 0.400. The summed E-state index contributed by atoms with van der Waals surface area (Å²) in [5.74, 6) is 1.67. The van der Waals surface area contributed by atoms with Crippen LogP contribution in [-0.2, 0) is 6.54 Å². The number of aromatic nitrogens is 2. The molecule has 0 atom stereocenters. The first kappa shape index (κ1) is 12.8. The quantitative estimate of drug-likeness (QED) is 0.851. The first-order valence-electron chi connectivity index (χ1n) is 7.01. The number of nitrogens with zero attached hydrogens (tertiary/aromatic N) is 2. The van der Waals surface area contributed by atoms with Crippen LogP contribution in [0.5, 0.6) is 11.5 Å². The van der Waals surface area contributed by atoms with Gasteiger partial charge in [-0.05, 0) is 18.6 Å². The van der Waals surface area contributed by atoms with Crippen LogP contribution in [0.15, 0.2) is 36.9 Å². The average Bonchev–Trinajstić information content (AvgIpc) is 2.87. The molecule has 3 rings (SSSR count). The summed E-state index contributed by atoms with van der Waals surface area (Å²) in [5, 5.41) is 3.41. The van der Waals surface area contributed by atoms with E-state index in [0.29, 0.717) is 0 Å². The summed E-state index contributed by atoms with van der Waals surface area (Å²) < 4.78 is 13.4. The van der Waals surface area contributed by atoms with Crippen LogP contribution >= 0.6 is 0 Å². The van der Waals surface area contributed by atoms with E-state index < -0.39 is 0 Å². The van der Waals surface area contributed by atoms with Crippen molar-refractivity contribution < 1.29 is 9.47 Å². The average molecular weight is 273 g/mol. The number of hydrogen-bond donors (Lipinski definition) is 1. The van der Waals surface area contributed by atoms with Gasteiger partial charge < -0.3 is 19.4 Å². The Morgan fingerprint density at radius 2 is 2.10 bits per heavy atom. The molecule has 1 aliphatic rings. The van der Waals surface area contributed by atoms with Crippen molar-refractivity contribution in [1.82, 2.24) is 9.55 Å². The minimum Gasteiger partial charge on any atom is -0.490 e. The Morgan fingerprint density at radius 3 is 2.95 bits per heavy atom. The van der Waals surface area contributed by atoms with Crippen LogP contribution in [0.25, 0.3) is 0 Å². The smallest absolute Gasteiger partial charge is 0.163 e. The summed E-state index contributed by atoms with van der Waals surface area (Å²) in [6.07, 6.45) is 7.60. The molecular weight excluding hydrogens is 254 g/mol. The lowest BCUT2D eigenvalue weighted by molar-refractivity contribution is 0.297. The highest BCUT2D eigenvalue weighted by atomic mass is 16.5. The Morgan fingerprint density at radius 1 is 1.20 bits per heavy atom. The maximum absolute atomic E-state index is 5.68. The number of anilines is 1. The summed E-state index contributed by atoms with van der Waals surface area (Å²) in [5.41, 5.74) is 1.07. The molecule has 1 aliphatic heterocycles. The van der Waals surface area contributed by atoms with Crippen LogP contribution in [0.4, 0.5) is 5.69 Å². The Balaban J connectivity index is 1.51. The van der Waals surface area contributed by atoms with Gasteiger partial charge in [0.15, 0.2) is 11.5 Å². The standard InChI is InChI=1S/C15H19N3O2/c1(7-18-8-6-16-12-18)5-17-13-3-4-14-15(11-13)20-10-2-9-19-14/h3-4,6,8,11-12,17H,1-2,5,7,9-10H2. The summed E-state index contributed by atoms with van der Waals surface area (Å²) in [4.78, 5) is 4.03. The minimum absolute atomic E-state index is 0.719. The van der Waals surface area contributed by atoms with Crippen LogP contribution in [0.3, 0.4) is 0 Å². The molecule has 2 aromatic rings. The third-order valence-corrected chi connectivity index (χ3v) is 3.23. The second-order valence-corrected chi connectivity index (χ2v) is 4.79. The van der Waals surface area contributed by atoms with Gasteiger partial charge in [-0.3, -0.25) is 0 Å². The van der Waals surface area contributed by atoms with Gasteiger partial charge >= 0.3 is 0 Å². The van der Waals surface area contributed by atoms with E-state index in [1.165, 1.54) is 0 Å². The van der Waals surface area contributed by atoms with Gasteiger partial charge in [-0.15, -0.1) is 0 Å². The van der Waals surface area contributed by atoms with Crippen molar-refractivity contribution in [2.75, 3.05) is 25.1 Å². The summed E-state index contributed by atoms with van der Waals surface area (Å²) in [6.45, 7) is 3.33. The Labute approximate surface area is 118 Å². The first-order chi connectivity index (χ1) is 9.92. The van der Waals surface area contributed by atoms with Gasteiger partial charge in [0.05, 0.1) is 19.5 Å². The van der Waals surface area contributed by atoms with Crippen molar-refractivity contribution in [3.8, 4) is 11.5 Å². The van der Waals surface area contributed by atoms with Crippen LogP contribution < -0.4 is 14.8 Å². The molecule has 2 heterocycles. The Hall–Kier alpha value is -2.17. The third kappa shape index (κ3) is 3.23. The van der Waals surface area contributed by atoms with E-state index in [1.807, 2.05) is 30.7 Å². The van der Waals surface area contributed by atoms with Gasteiger partial charge in [-0.1, -0.05) is 0 Å². The fourth-order valence-electron chi connectivity index (χ4n) is 2.19. The van der Waals surface area contributed by atoms with Crippen molar-refractivity contribution >= 4 is 5.69 Å². The van der Waals surface area contributed by atoms with E-state index in [-0.39, 0.29) is 0 Å². The third-order valence-electron chi connectivity index (χ3n) is 3.23. The lowest BCUT2D eigenvalue weighted by Crippen LogP contribution is -2.06. The summed E-state index contributed by atoms with van der Waals surface area (Å²) in [7, 11) is 0. The van der Waals surface area contributed by atoms with Gasteiger partial charge in [0.25, 0.3) is 0 Å². The molecule has 0 bridgehead atoms. The van der Waals surface area contributed by atoms with Crippen molar-refractivity contribution in [1.29, 1.82) is 0 Å². The highest BCUT2D eigenvalue weighted by Gasteiger charge is 2.10. The highest BCUT2D eigenvalue weighted by molar-refractivity contribution is 5.54. The van der Waals surface area contributed by atoms with Crippen molar-refractivity contribution in [2.24, 2.45) is 0 Å². The lowest BCUT2D eigenvalue weighted by atomic mass is 10.2. The number of ether oxygens (including phenoxy) is 2. The molecule has 0 saturated carbocycles. The first-order valence-corrected chi connectivity index (χ1v) is 7.01. The van der Waals surface area contributed by atoms with Gasteiger partial charge in [0, 0.05) is 43.7 Å². The van der Waals surface area contributed by atoms with E-state index in [9.17, 15) is 0 Å². The minimum atomic E-state index is 0.719. The number of aryl methyl sites for hydroxylation is 1. The molecule has 0 fully saturated rings. The van der Waals surface area contributed by atoms with Crippen molar-refractivity contribution in [3.63, 3.8) is 0 Å². The largest absolute Gasteiger partial charge is 0.490 e. The number of fused-ring (bicyclic) bond motifs is 1. The highest BCUT2D eigenvalue weighted by Crippen LogP contribution is 2.32. The maximum Gasteiger partial charge on any atom is 0.163 e. The van der Waals surface area contributed by atoms with E-state index >= 15 is 0 Å². The van der Waals surface area contributed by atoms with Crippen molar-refractivity contribution in [3.05, 3.63) is 36.9 Å². The van der Waals surface area contributed by atoms with E-state index in [4.69, 9.17) is 9.47 Å². The molecule has 0 aliphatic carbocycles. The second-order valence-electron chi connectivity index (χ2n) is 4.79. The number of benzene rings is 1. The number of imidazole rings is 1. The van der Waals surface area contributed by atoms with Crippen LogP contribution in [-0.4, -0.2) is 29.3 Å². The molecule has 1 aromatic carbocycles. The van der Waals surface area contributed by atoms with Gasteiger partial charge in [-0.2, -0.15) is 0 Å². The SMILES string of the molecule is c1cn(CCCNc2ccc3c(c2)OCCCO3)cn1. The fourth-order valence-corrected chi connectivity index (χ4v) is 2.19. The lowest BCUT2D eigenvalue weighted by Gasteiger charge is -2.11. The zero-order valence-electron chi connectivity index (χ0n) is 11.4. The molecule has 5 heteroatoms. The van der Waals surface area contributed by atoms with Gasteiger partial charge in [-0.25, -0.2) is 4.98 Å². The molecule has 106 valence electrons. The molecular formula is C15H19N3O2. The molecule has 0 saturated heterocycles. The molecule has 1 aromatic heterocycles. The molecule has 0 radical (unpaired) electrons. The zero-order valence-corrected chi connectivity index (χ0v) is 11.4. The Kier molecular flexibility index (Phi) is 4.06. The molecule has 0 spiro atoms. The number of hydrogen-bond acceptors (Lipinski definition) is 4. The molecule has 0 amide bonds. The monoisotopic (exact) mass is 273 g/mol.